The van der Waals surface area contributed by atoms with Gasteiger partial charge < -0.3 is 10.1 Å². The van der Waals surface area contributed by atoms with Crippen LogP contribution >= 0.6 is 23.8 Å². The van der Waals surface area contributed by atoms with Gasteiger partial charge in [-0.05, 0) is 53.6 Å². The second-order valence-electron chi connectivity index (χ2n) is 5.60. The van der Waals surface area contributed by atoms with E-state index in [2.05, 4.69) is 15.0 Å². The molecule has 0 atom stereocenters. The smallest absolute Gasteiger partial charge is 0.336 e. The molecule has 0 fully saturated rings. The van der Waals surface area contributed by atoms with Crippen LogP contribution in [0.2, 0.25) is 5.02 Å². The molecule has 0 spiro atoms. The van der Waals surface area contributed by atoms with Crippen LogP contribution in [-0.2, 0) is 0 Å². The van der Waals surface area contributed by atoms with E-state index in [-0.39, 0.29) is 16.2 Å². The number of nitrogens with one attached hydrogen (secondary N) is 2. The third-order valence-corrected chi connectivity index (χ3v) is 4.38. The number of pyridine rings is 1. The Hall–Kier alpha value is -3.03. The second kappa shape index (κ2) is 6.36. The lowest BCUT2D eigenvalue weighted by Gasteiger charge is -1.99. The van der Waals surface area contributed by atoms with E-state index in [4.69, 9.17) is 23.8 Å². The molecule has 6 nitrogen and oxygen atoms in total. The fourth-order valence-electron chi connectivity index (χ4n) is 2.73. The molecule has 0 saturated heterocycles. The summed E-state index contributed by atoms with van der Waals surface area (Å²) in [6.07, 6.45) is 3.40. The Labute approximate surface area is 157 Å². The molecular formula is C18H12ClN4O2S+. The number of hydrogen-bond acceptors (Lipinski definition) is 4. The molecule has 0 radical (unpaired) electrons. The number of aromatic amines is 2. The first-order valence-electron chi connectivity index (χ1n) is 7.66. The van der Waals surface area contributed by atoms with E-state index in [1.807, 2.05) is 41.1 Å². The van der Waals surface area contributed by atoms with Gasteiger partial charge in [0.05, 0.1) is 11.8 Å². The molecule has 1 aliphatic rings. The van der Waals surface area contributed by atoms with E-state index < -0.39 is 5.56 Å². The number of nitrogens with zero attached hydrogens (tertiary/aromatic N) is 2. The molecule has 0 amide bonds. The van der Waals surface area contributed by atoms with Crippen LogP contribution in [0.5, 0.6) is 5.88 Å². The van der Waals surface area contributed by atoms with Crippen molar-refractivity contribution in [1.82, 2.24) is 9.97 Å². The molecule has 128 valence electrons. The van der Waals surface area contributed by atoms with Crippen molar-refractivity contribution in [1.29, 1.82) is 0 Å². The van der Waals surface area contributed by atoms with Crippen LogP contribution in [-0.4, -0.2) is 20.9 Å². The maximum Gasteiger partial charge on any atom is 0.336 e. The van der Waals surface area contributed by atoms with Gasteiger partial charge in [-0.3, -0.25) is 9.78 Å². The fraction of sp³-hybridized carbons (Fsp3) is 0. The average Bonchev–Trinajstić information content (AvgIpc) is 2.97. The van der Waals surface area contributed by atoms with E-state index in [9.17, 15) is 9.90 Å². The molecule has 1 aromatic carbocycles. The third kappa shape index (κ3) is 2.87. The van der Waals surface area contributed by atoms with Crippen LogP contribution in [0.4, 0.5) is 0 Å². The predicted octanol–water partition coefficient (Wildman–Crippen LogP) is 2.89. The normalized spacial score (nSPS) is 14.3. The number of H-pyrrole nitrogens is 2. The minimum absolute atomic E-state index is 0.0567. The summed E-state index contributed by atoms with van der Waals surface area (Å²) in [4.78, 5) is 21.8. The summed E-state index contributed by atoms with van der Waals surface area (Å²) in [7, 11) is 0. The predicted molar refractivity (Wildman–Crippen MR) is 102 cm³/mol. The van der Waals surface area contributed by atoms with Gasteiger partial charge in [-0.1, -0.05) is 17.7 Å². The van der Waals surface area contributed by atoms with E-state index in [0.29, 0.717) is 16.6 Å². The van der Waals surface area contributed by atoms with Crippen LogP contribution in [0.25, 0.3) is 11.8 Å². The highest BCUT2D eigenvalue weighted by Gasteiger charge is 2.31. The highest BCUT2D eigenvalue weighted by Crippen LogP contribution is 2.24. The molecule has 2 aromatic heterocycles. The van der Waals surface area contributed by atoms with E-state index >= 15 is 0 Å². The molecule has 3 N–H and O–H groups in total. The maximum atomic E-state index is 12.1. The Kier molecular flexibility index (Phi) is 4.02. The van der Waals surface area contributed by atoms with Crippen molar-refractivity contribution in [2.24, 2.45) is 4.99 Å². The maximum absolute atomic E-state index is 12.1. The van der Waals surface area contributed by atoms with Crippen molar-refractivity contribution in [3.8, 4) is 5.88 Å². The number of fused-ring (bicyclic) bond motifs is 1. The highest BCUT2D eigenvalue weighted by molar-refractivity contribution is 7.71. The van der Waals surface area contributed by atoms with E-state index in [0.717, 1.165) is 11.3 Å². The first kappa shape index (κ1) is 16.4. The van der Waals surface area contributed by atoms with Crippen LogP contribution in [0.15, 0.2) is 58.4 Å². The third-order valence-electron chi connectivity index (χ3n) is 3.92. The van der Waals surface area contributed by atoms with Crippen molar-refractivity contribution < 1.29 is 9.67 Å². The molecule has 1 aliphatic heterocycles. The lowest BCUT2D eigenvalue weighted by molar-refractivity contribution is -0.553. The Morgan fingerprint density at radius 1 is 1.15 bits per heavy atom. The Morgan fingerprint density at radius 2 is 1.92 bits per heavy atom. The van der Waals surface area contributed by atoms with Gasteiger partial charge in [-0.2, -0.15) is 4.57 Å². The zero-order valence-electron chi connectivity index (χ0n) is 13.2. The summed E-state index contributed by atoms with van der Waals surface area (Å²) in [5.41, 5.74) is 1.78. The van der Waals surface area contributed by atoms with Gasteiger partial charge in [-0.15, -0.1) is 0 Å². The van der Waals surface area contributed by atoms with Crippen molar-refractivity contribution >= 4 is 41.4 Å². The molecule has 0 unspecified atom stereocenters. The summed E-state index contributed by atoms with van der Waals surface area (Å²) in [6, 6.07) is 13.0. The zero-order chi connectivity index (χ0) is 18.3. The average molecular weight is 384 g/mol. The molecule has 4 rings (SSSR count). The molecule has 3 heterocycles. The second-order valence-corrected chi connectivity index (χ2v) is 6.44. The van der Waals surface area contributed by atoms with Crippen molar-refractivity contribution in [3.05, 3.63) is 85.6 Å². The van der Waals surface area contributed by atoms with Gasteiger partial charge in [0.2, 0.25) is 11.6 Å². The summed E-state index contributed by atoms with van der Waals surface area (Å²) in [5.74, 6) is 0.396. The quantitative estimate of drug-likeness (QED) is 0.470. The van der Waals surface area contributed by atoms with Gasteiger partial charge in [0.1, 0.15) is 5.56 Å². The van der Waals surface area contributed by atoms with Gasteiger partial charge in [-0.25, -0.2) is 0 Å². The zero-order valence-corrected chi connectivity index (χ0v) is 14.8. The lowest BCUT2D eigenvalue weighted by Crippen LogP contribution is -2.42. The van der Waals surface area contributed by atoms with Crippen molar-refractivity contribution in [2.75, 3.05) is 0 Å². The lowest BCUT2D eigenvalue weighted by atomic mass is 10.2. The monoisotopic (exact) mass is 383 g/mol. The van der Waals surface area contributed by atoms with Gasteiger partial charge in [0.15, 0.2) is 10.5 Å². The molecule has 0 saturated carbocycles. The highest BCUT2D eigenvalue weighted by atomic mass is 35.5. The number of aliphatic imine (C=N–C) groups is 1. The SMILES string of the molecule is O=c1[nH]c(=S)[nH]c(O)c1/C=C1\N=C(c2ccc(Cl)cc2)[n+]2ccccc21. The van der Waals surface area contributed by atoms with Gasteiger partial charge in [0, 0.05) is 11.1 Å². The summed E-state index contributed by atoms with van der Waals surface area (Å²) in [5, 5.41) is 10.7. The summed E-state index contributed by atoms with van der Waals surface area (Å²) in [6.45, 7) is 0. The fourth-order valence-corrected chi connectivity index (χ4v) is 3.04. The standard InChI is InChI=1S/C18H11ClN4O2S/c19-11-6-4-10(5-7-11)15-20-13(14-3-1-2-8-23(14)15)9-12-16(24)21-18(26)22-17(12)25/h1-9H,(H2,21,22,24,25,26)/p+1. The van der Waals surface area contributed by atoms with E-state index in [1.54, 1.807) is 12.1 Å². The summed E-state index contributed by atoms with van der Waals surface area (Å²) >= 11 is 10.8. The molecule has 3 aromatic rings. The van der Waals surface area contributed by atoms with Crippen molar-refractivity contribution in [3.63, 3.8) is 0 Å². The number of hydrogen-bond donors (Lipinski definition) is 3. The number of aromatic hydroxyl groups is 1. The molecule has 8 heteroatoms. The number of rotatable bonds is 2. The number of benzene rings is 1. The van der Waals surface area contributed by atoms with E-state index in [1.165, 1.54) is 6.08 Å². The molecule has 0 bridgehead atoms. The number of halogens is 1. The van der Waals surface area contributed by atoms with Crippen LogP contribution in [0, 0.1) is 4.77 Å². The summed E-state index contributed by atoms with van der Waals surface area (Å²) < 4.78 is 1.96. The van der Waals surface area contributed by atoms with Crippen LogP contribution < -0.4 is 10.1 Å². The Morgan fingerprint density at radius 3 is 2.65 bits per heavy atom. The first-order chi connectivity index (χ1) is 12.5. The van der Waals surface area contributed by atoms with Crippen molar-refractivity contribution in [2.45, 2.75) is 0 Å². The minimum Gasteiger partial charge on any atom is -0.494 e. The number of aromatic nitrogens is 3. The van der Waals surface area contributed by atoms with Crippen LogP contribution in [0.3, 0.4) is 0 Å². The first-order valence-corrected chi connectivity index (χ1v) is 8.45. The molecular weight excluding hydrogens is 372 g/mol. The topological polar surface area (TPSA) is 85.1 Å². The van der Waals surface area contributed by atoms with Gasteiger partial charge in [0.25, 0.3) is 5.56 Å². The van der Waals surface area contributed by atoms with Gasteiger partial charge >= 0.3 is 5.84 Å². The molecule has 26 heavy (non-hydrogen) atoms. The molecule has 0 aliphatic carbocycles. The largest absolute Gasteiger partial charge is 0.494 e. The van der Waals surface area contributed by atoms with Crippen LogP contribution in [0.1, 0.15) is 16.8 Å². The Bertz CT molecular complexity index is 1190. The Balaban J connectivity index is 1.91. The minimum atomic E-state index is -0.489.